The number of amides is 2. The van der Waals surface area contributed by atoms with Gasteiger partial charge < -0.3 is 15.0 Å². The Bertz CT molecular complexity index is 1030. The van der Waals surface area contributed by atoms with Gasteiger partial charge in [-0.15, -0.1) is 11.3 Å². The molecule has 0 atom stereocenters. The molecule has 2 heterocycles. The number of rotatable bonds is 7. The summed E-state index contributed by atoms with van der Waals surface area (Å²) in [5, 5.41) is 4.86. The highest BCUT2D eigenvalue weighted by Gasteiger charge is 2.26. The van der Waals surface area contributed by atoms with Gasteiger partial charge in [0, 0.05) is 23.5 Å². The van der Waals surface area contributed by atoms with Crippen molar-refractivity contribution in [2.75, 3.05) is 23.4 Å². The lowest BCUT2D eigenvalue weighted by Gasteiger charge is -2.16. The summed E-state index contributed by atoms with van der Waals surface area (Å²) in [5.74, 6) is 0.634. The second kappa shape index (κ2) is 9.13. The quantitative estimate of drug-likeness (QED) is 0.522. The number of unbranched alkanes of at least 4 members (excludes halogenated alkanes) is 1. The van der Waals surface area contributed by atoms with E-state index in [9.17, 15) is 9.59 Å². The average molecular weight is 421 g/mol. The van der Waals surface area contributed by atoms with Gasteiger partial charge in [0.1, 0.15) is 5.75 Å². The van der Waals surface area contributed by atoms with Crippen LogP contribution in [0.2, 0.25) is 0 Å². The molecule has 0 radical (unpaired) electrons. The molecule has 0 bridgehead atoms. The summed E-state index contributed by atoms with van der Waals surface area (Å²) in [6.07, 6.45) is 2.87. The van der Waals surface area contributed by atoms with E-state index >= 15 is 0 Å². The molecule has 0 spiro atoms. The van der Waals surface area contributed by atoms with Gasteiger partial charge in [0.15, 0.2) is 0 Å². The summed E-state index contributed by atoms with van der Waals surface area (Å²) in [6, 6.07) is 16.6. The summed E-state index contributed by atoms with van der Waals surface area (Å²) < 4.78 is 5.64. The van der Waals surface area contributed by atoms with E-state index in [2.05, 4.69) is 12.2 Å². The van der Waals surface area contributed by atoms with Gasteiger partial charge in [-0.05, 0) is 72.3 Å². The smallest absolute Gasteiger partial charge is 0.268 e. The predicted octanol–water partition coefficient (Wildman–Crippen LogP) is 5.38. The molecule has 2 amide bonds. The van der Waals surface area contributed by atoms with Crippen molar-refractivity contribution in [3.63, 3.8) is 0 Å². The van der Waals surface area contributed by atoms with E-state index in [4.69, 9.17) is 4.74 Å². The molecule has 0 saturated heterocycles. The highest BCUT2D eigenvalue weighted by atomic mass is 32.1. The normalized spacial score (nSPS) is 12.5. The Labute approximate surface area is 180 Å². The number of nitrogens with one attached hydrogen (secondary N) is 1. The summed E-state index contributed by atoms with van der Waals surface area (Å²) >= 11 is 1.45. The van der Waals surface area contributed by atoms with Gasteiger partial charge in [0.25, 0.3) is 11.8 Å². The Morgan fingerprint density at radius 3 is 2.70 bits per heavy atom. The first-order valence-corrected chi connectivity index (χ1v) is 11.1. The minimum absolute atomic E-state index is 0.0294. The lowest BCUT2D eigenvalue weighted by molar-refractivity contribution is 0.0991. The van der Waals surface area contributed by atoms with Crippen molar-refractivity contribution in [3.05, 3.63) is 76.0 Å². The number of benzene rings is 2. The number of carbonyl (C=O) groups excluding carboxylic acids is 2. The number of fused-ring (bicyclic) bond motifs is 1. The number of hydrogen-bond donors (Lipinski definition) is 1. The van der Waals surface area contributed by atoms with Crippen molar-refractivity contribution in [3.8, 4) is 5.75 Å². The molecule has 0 fully saturated rings. The molecule has 0 aliphatic carbocycles. The molecule has 4 rings (SSSR count). The first kappa shape index (κ1) is 20.2. The zero-order chi connectivity index (χ0) is 20.9. The van der Waals surface area contributed by atoms with Crippen LogP contribution < -0.4 is 15.0 Å². The summed E-state index contributed by atoms with van der Waals surface area (Å²) in [6.45, 7) is 3.46. The number of thiophene rings is 1. The Balaban J connectivity index is 1.41. The monoisotopic (exact) mass is 420 g/mol. The maximum atomic E-state index is 12.7. The van der Waals surface area contributed by atoms with E-state index in [-0.39, 0.29) is 11.8 Å². The number of hydrogen-bond acceptors (Lipinski definition) is 4. The molecule has 30 heavy (non-hydrogen) atoms. The zero-order valence-corrected chi connectivity index (χ0v) is 17.7. The van der Waals surface area contributed by atoms with E-state index in [0.717, 1.165) is 46.8 Å². The molecule has 3 aromatic rings. The van der Waals surface area contributed by atoms with Crippen molar-refractivity contribution in [2.45, 2.75) is 26.2 Å². The van der Waals surface area contributed by atoms with Gasteiger partial charge >= 0.3 is 0 Å². The molecular formula is C24H24N2O3S. The molecule has 1 aliphatic heterocycles. The van der Waals surface area contributed by atoms with Crippen LogP contribution in [-0.2, 0) is 6.42 Å². The summed E-state index contributed by atoms with van der Waals surface area (Å²) in [7, 11) is 0. The van der Waals surface area contributed by atoms with Crippen LogP contribution in [0.1, 0.15) is 45.4 Å². The lowest BCUT2D eigenvalue weighted by atomic mass is 10.1. The summed E-state index contributed by atoms with van der Waals surface area (Å²) in [4.78, 5) is 27.8. The van der Waals surface area contributed by atoms with Crippen LogP contribution in [-0.4, -0.2) is 25.0 Å². The SMILES string of the molecule is CCCCOc1ccc(C(=O)Nc2ccc3c(c2)CCN3C(=O)c2cccs2)cc1. The van der Waals surface area contributed by atoms with Crippen LogP contribution in [0.3, 0.4) is 0 Å². The van der Waals surface area contributed by atoms with Gasteiger partial charge in [-0.2, -0.15) is 0 Å². The van der Waals surface area contributed by atoms with Crippen LogP contribution in [0.4, 0.5) is 11.4 Å². The van der Waals surface area contributed by atoms with Crippen LogP contribution in [0.25, 0.3) is 0 Å². The first-order chi connectivity index (χ1) is 14.7. The molecule has 0 unspecified atom stereocenters. The largest absolute Gasteiger partial charge is 0.494 e. The Morgan fingerprint density at radius 1 is 1.13 bits per heavy atom. The molecule has 0 saturated carbocycles. The van der Waals surface area contributed by atoms with Gasteiger partial charge in [-0.25, -0.2) is 0 Å². The summed E-state index contributed by atoms with van der Waals surface area (Å²) in [5.41, 5.74) is 3.29. The van der Waals surface area contributed by atoms with Gasteiger partial charge in [-0.1, -0.05) is 19.4 Å². The van der Waals surface area contributed by atoms with E-state index < -0.39 is 0 Å². The lowest BCUT2D eigenvalue weighted by Crippen LogP contribution is -2.28. The standard InChI is InChI=1S/C24H24N2O3S/c1-2-3-14-29-20-9-6-17(7-10-20)23(27)25-19-8-11-21-18(16-19)12-13-26(21)24(28)22-5-4-15-30-22/h4-11,15-16H,2-3,12-14H2,1H3,(H,25,27). The first-order valence-electron chi connectivity index (χ1n) is 10.2. The molecule has 2 aromatic carbocycles. The van der Waals surface area contributed by atoms with Crippen molar-refractivity contribution in [1.29, 1.82) is 0 Å². The zero-order valence-electron chi connectivity index (χ0n) is 16.9. The molecule has 1 aromatic heterocycles. The molecule has 1 aliphatic rings. The Kier molecular flexibility index (Phi) is 6.14. The number of ether oxygens (including phenoxy) is 1. The van der Waals surface area contributed by atoms with Crippen molar-refractivity contribution < 1.29 is 14.3 Å². The van der Waals surface area contributed by atoms with E-state index in [1.54, 1.807) is 12.1 Å². The van der Waals surface area contributed by atoms with Crippen LogP contribution in [0.5, 0.6) is 5.75 Å². The van der Waals surface area contributed by atoms with Crippen molar-refractivity contribution in [1.82, 2.24) is 0 Å². The molecule has 1 N–H and O–H groups in total. The van der Waals surface area contributed by atoms with Crippen molar-refractivity contribution >= 4 is 34.5 Å². The van der Waals surface area contributed by atoms with Crippen molar-refractivity contribution in [2.24, 2.45) is 0 Å². The number of nitrogens with zero attached hydrogens (tertiary/aromatic N) is 1. The third kappa shape index (κ3) is 4.39. The van der Waals surface area contributed by atoms with Crippen LogP contribution >= 0.6 is 11.3 Å². The Morgan fingerprint density at radius 2 is 1.97 bits per heavy atom. The Hall–Kier alpha value is -3.12. The van der Waals surface area contributed by atoms with Gasteiger partial charge in [0.05, 0.1) is 11.5 Å². The topological polar surface area (TPSA) is 58.6 Å². The maximum absolute atomic E-state index is 12.7. The van der Waals surface area contributed by atoms with E-state index in [1.807, 2.05) is 52.7 Å². The average Bonchev–Trinajstić information content (AvgIpc) is 3.44. The second-order valence-corrected chi connectivity index (χ2v) is 8.16. The third-order valence-electron chi connectivity index (χ3n) is 5.09. The fourth-order valence-corrected chi connectivity index (χ4v) is 4.14. The van der Waals surface area contributed by atoms with Crippen LogP contribution in [0, 0.1) is 0 Å². The van der Waals surface area contributed by atoms with Gasteiger partial charge in [0.2, 0.25) is 0 Å². The van der Waals surface area contributed by atoms with E-state index in [1.165, 1.54) is 11.3 Å². The molecular weight excluding hydrogens is 396 g/mol. The minimum atomic E-state index is -0.167. The fraction of sp³-hybridized carbons (Fsp3) is 0.250. The second-order valence-electron chi connectivity index (χ2n) is 7.21. The van der Waals surface area contributed by atoms with E-state index in [0.29, 0.717) is 18.7 Å². The minimum Gasteiger partial charge on any atom is -0.494 e. The molecule has 6 heteroatoms. The molecule has 154 valence electrons. The maximum Gasteiger partial charge on any atom is 0.268 e. The fourth-order valence-electron chi connectivity index (χ4n) is 3.46. The predicted molar refractivity (Wildman–Crippen MR) is 121 cm³/mol. The number of anilines is 2. The molecule has 5 nitrogen and oxygen atoms in total. The van der Waals surface area contributed by atoms with Gasteiger partial charge in [-0.3, -0.25) is 9.59 Å². The highest BCUT2D eigenvalue weighted by molar-refractivity contribution is 7.12. The number of carbonyl (C=O) groups is 2. The third-order valence-corrected chi connectivity index (χ3v) is 5.95. The van der Waals surface area contributed by atoms with Crippen LogP contribution in [0.15, 0.2) is 60.0 Å². The highest BCUT2D eigenvalue weighted by Crippen LogP contribution is 2.32.